The molecule has 0 aromatic heterocycles. The van der Waals surface area contributed by atoms with Gasteiger partial charge in [0.25, 0.3) is 0 Å². The van der Waals surface area contributed by atoms with E-state index < -0.39 is 0 Å². The molecule has 0 bridgehead atoms. The molecule has 7 nitrogen and oxygen atoms in total. The van der Waals surface area contributed by atoms with E-state index >= 15 is 0 Å². The predicted octanol–water partition coefficient (Wildman–Crippen LogP) is 3.48. The highest BCUT2D eigenvalue weighted by Gasteiger charge is 2.16. The maximum Gasteiger partial charge on any atom is 0.104 e. The third-order valence-electron chi connectivity index (χ3n) is 3.90. The van der Waals surface area contributed by atoms with E-state index in [0.717, 1.165) is 19.3 Å². The minimum absolute atomic E-state index is 0.0549. The van der Waals surface area contributed by atoms with Crippen LogP contribution in [0.15, 0.2) is 0 Å². The molecule has 0 N–H and O–H groups in total. The number of rotatable bonds is 23. The van der Waals surface area contributed by atoms with Crippen molar-refractivity contribution in [2.75, 3.05) is 72.7 Å². The average Bonchev–Trinajstić information content (AvgIpc) is 2.74. The summed E-state index contributed by atoms with van der Waals surface area (Å²) in [6.45, 7) is 16.6. The predicted molar refractivity (Wildman–Crippen MR) is 115 cm³/mol. The van der Waals surface area contributed by atoms with E-state index in [2.05, 4.69) is 20.8 Å². The standard InChI is InChI=1S/C22H46O7/c1-6-11-27-20(14-23-9-4)16-25-18-22(29-13-8-3)19-26-17-21(15-24-10-5)28-12-7-2/h20-22H,6-19H2,1-5H3. The summed E-state index contributed by atoms with van der Waals surface area (Å²) in [4.78, 5) is 0. The number of hydrogen-bond donors (Lipinski definition) is 0. The molecule has 0 aromatic carbocycles. The first-order valence-corrected chi connectivity index (χ1v) is 11.4. The first kappa shape index (κ1) is 28.7. The molecule has 7 heteroatoms. The Balaban J connectivity index is 4.32. The second-order valence-electron chi connectivity index (χ2n) is 6.87. The van der Waals surface area contributed by atoms with Gasteiger partial charge in [-0.2, -0.15) is 0 Å². The molecule has 0 saturated heterocycles. The van der Waals surface area contributed by atoms with E-state index in [-0.39, 0.29) is 18.3 Å². The molecule has 2 atom stereocenters. The summed E-state index contributed by atoms with van der Waals surface area (Å²) in [7, 11) is 0. The molecule has 29 heavy (non-hydrogen) atoms. The third-order valence-corrected chi connectivity index (χ3v) is 3.90. The fourth-order valence-electron chi connectivity index (χ4n) is 2.45. The molecule has 0 radical (unpaired) electrons. The van der Waals surface area contributed by atoms with Crippen molar-refractivity contribution in [1.29, 1.82) is 0 Å². The monoisotopic (exact) mass is 422 g/mol. The van der Waals surface area contributed by atoms with Crippen LogP contribution in [-0.2, 0) is 33.2 Å². The first-order valence-electron chi connectivity index (χ1n) is 11.4. The zero-order valence-electron chi connectivity index (χ0n) is 19.5. The van der Waals surface area contributed by atoms with Crippen LogP contribution >= 0.6 is 0 Å². The van der Waals surface area contributed by atoms with Crippen molar-refractivity contribution >= 4 is 0 Å². The van der Waals surface area contributed by atoms with Crippen LogP contribution in [0.1, 0.15) is 53.9 Å². The van der Waals surface area contributed by atoms with Gasteiger partial charge in [0.2, 0.25) is 0 Å². The van der Waals surface area contributed by atoms with Gasteiger partial charge in [-0.15, -0.1) is 0 Å². The van der Waals surface area contributed by atoms with Crippen molar-refractivity contribution in [3.05, 3.63) is 0 Å². The lowest BCUT2D eigenvalue weighted by atomic mass is 10.3. The van der Waals surface area contributed by atoms with Crippen LogP contribution in [-0.4, -0.2) is 91.0 Å². The molecule has 176 valence electrons. The molecule has 0 saturated carbocycles. The lowest BCUT2D eigenvalue weighted by Crippen LogP contribution is -2.33. The van der Waals surface area contributed by atoms with Crippen molar-refractivity contribution in [3.8, 4) is 0 Å². The smallest absolute Gasteiger partial charge is 0.104 e. The van der Waals surface area contributed by atoms with Crippen LogP contribution in [0.5, 0.6) is 0 Å². The molecule has 0 aliphatic rings. The SMILES string of the molecule is CCCOC(COCC)COCC(COCC(COCC)OCCC)OCCC. The molecule has 0 amide bonds. The normalized spacial score (nSPS) is 14.8. The zero-order chi connectivity index (χ0) is 21.6. The minimum atomic E-state index is -0.118. The van der Waals surface area contributed by atoms with Gasteiger partial charge in [-0.1, -0.05) is 20.8 Å². The Morgan fingerprint density at radius 1 is 0.414 bits per heavy atom. The van der Waals surface area contributed by atoms with Crippen LogP contribution in [0.3, 0.4) is 0 Å². The largest absolute Gasteiger partial charge is 0.379 e. The summed E-state index contributed by atoms with van der Waals surface area (Å²) < 4.78 is 40.2. The summed E-state index contributed by atoms with van der Waals surface area (Å²) in [5, 5.41) is 0. The summed E-state index contributed by atoms with van der Waals surface area (Å²) in [6, 6.07) is 0. The highest BCUT2D eigenvalue weighted by Crippen LogP contribution is 2.03. The molecule has 0 heterocycles. The molecule has 0 fully saturated rings. The van der Waals surface area contributed by atoms with Crippen LogP contribution in [0, 0.1) is 0 Å². The Labute approximate surface area is 178 Å². The van der Waals surface area contributed by atoms with E-state index in [1.807, 2.05) is 13.8 Å². The van der Waals surface area contributed by atoms with Gasteiger partial charge in [0.15, 0.2) is 0 Å². The van der Waals surface area contributed by atoms with Gasteiger partial charge in [0, 0.05) is 33.0 Å². The van der Waals surface area contributed by atoms with E-state index in [0.29, 0.717) is 72.7 Å². The molecule has 0 aromatic rings. The van der Waals surface area contributed by atoms with Gasteiger partial charge in [0.1, 0.15) is 18.3 Å². The molecule has 0 aliphatic carbocycles. The number of hydrogen-bond acceptors (Lipinski definition) is 7. The third kappa shape index (κ3) is 18.2. The Morgan fingerprint density at radius 3 is 0.931 bits per heavy atom. The second kappa shape index (κ2) is 22.4. The minimum Gasteiger partial charge on any atom is -0.379 e. The zero-order valence-corrected chi connectivity index (χ0v) is 19.5. The fraction of sp³-hybridized carbons (Fsp3) is 1.00. The van der Waals surface area contributed by atoms with E-state index in [1.165, 1.54) is 0 Å². The van der Waals surface area contributed by atoms with E-state index in [9.17, 15) is 0 Å². The first-order chi connectivity index (χ1) is 14.2. The van der Waals surface area contributed by atoms with Crippen LogP contribution in [0.4, 0.5) is 0 Å². The van der Waals surface area contributed by atoms with Crippen LogP contribution < -0.4 is 0 Å². The van der Waals surface area contributed by atoms with Crippen molar-refractivity contribution in [2.24, 2.45) is 0 Å². The molecule has 0 aliphatic heterocycles. The summed E-state index contributed by atoms with van der Waals surface area (Å²) in [5.74, 6) is 0. The van der Waals surface area contributed by atoms with Crippen molar-refractivity contribution < 1.29 is 33.2 Å². The van der Waals surface area contributed by atoms with Gasteiger partial charge >= 0.3 is 0 Å². The highest BCUT2D eigenvalue weighted by molar-refractivity contribution is 4.62. The molecule has 0 spiro atoms. The maximum atomic E-state index is 5.89. The molecule has 0 rings (SSSR count). The molecular formula is C22H46O7. The Morgan fingerprint density at radius 2 is 0.690 bits per heavy atom. The van der Waals surface area contributed by atoms with Gasteiger partial charge < -0.3 is 33.2 Å². The lowest BCUT2D eigenvalue weighted by Gasteiger charge is -2.23. The molecule has 2 unspecified atom stereocenters. The van der Waals surface area contributed by atoms with E-state index in [4.69, 9.17) is 33.2 Å². The van der Waals surface area contributed by atoms with Crippen molar-refractivity contribution in [3.63, 3.8) is 0 Å². The summed E-state index contributed by atoms with van der Waals surface area (Å²) in [6.07, 6.45) is 2.67. The average molecular weight is 423 g/mol. The van der Waals surface area contributed by atoms with Crippen LogP contribution in [0.25, 0.3) is 0 Å². The Bertz CT molecular complexity index is 276. The summed E-state index contributed by atoms with van der Waals surface area (Å²) >= 11 is 0. The lowest BCUT2D eigenvalue weighted by molar-refractivity contribution is -0.108. The maximum absolute atomic E-state index is 5.89. The Hall–Kier alpha value is -0.280. The van der Waals surface area contributed by atoms with Gasteiger partial charge in [-0.3, -0.25) is 0 Å². The number of ether oxygens (including phenoxy) is 7. The van der Waals surface area contributed by atoms with Gasteiger partial charge in [-0.05, 0) is 33.1 Å². The fourth-order valence-corrected chi connectivity index (χ4v) is 2.45. The van der Waals surface area contributed by atoms with Crippen molar-refractivity contribution in [1.82, 2.24) is 0 Å². The van der Waals surface area contributed by atoms with Crippen LogP contribution in [0.2, 0.25) is 0 Å². The van der Waals surface area contributed by atoms with Gasteiger partial charge in [-0.25, -0.2) is 0 Å². The van der Waals surface area contributed by atoms with Crippen molar-refractivity contribution in [2.45, 2.75) is 72.2 Å². The van der Waals surface area contributed by atoms with E-state index in [1.54, 1.807) is 0 Å². The Kier molecular flexibility index (Phi) is 22.2. The topological polar surface area (TPSA) is 64.6 Å². The summed E-state index contributed by atoms with van der Waals surface area (Å²) in [5.41, 5.74) is 0. The molecular weight excluding hydrogens is 376 g/mol. The van der Waals surface area contributed by atoms with Gasteiger partial charge in [0.05, 0.1) is 39.6 Å². The highest BCUT2D eigenvalue weighted by atomic mass is 16.6. The second-order valence-corrected chi connectivity index (χ2v) is 6.87. The quantitative estimate of drug-likeness (QED) is 0.250.